The molecule has 9 nitrogen and oxygen atoms in total. The number of rotatable bonds is 8. The third kappa shape index (κ3) is 12.5. The largest absolute Gasteiger partial charge is 0.455 e. The molecular formula is C119H80N6O3. The SMILES string of the molecule is CC(C)(C)c1cccc2c1oc1c(-c3cccc(-c4ccc5c(c4)c4ccccc4c4nccnc54)c3)cccc12.CC(C)c1cccc2c1oc1c(-c3cccc(-c4ccc5c(c4)c4ccccc4c4nccnc54)c3)cccc12.c1cc(-c2ccc3c(c2)c2ccccc2c2nccnc32)cc(-c2cccc3c2oc2c(-c4cccc5ccccc45)cccc23)c1. The zero-order valence-electron chi connectivity index (χ0n) is 70.9. The topological polar surface area (TPSA) is 117 Å². The van der Waals surface area contributed by atoms with Gasteiger partial charge in [0.1, 0.15) is 33.5 Å². The predicted molar refractivity (Wildman–Crippen MR) is 534 cm³/mol. The Morgan fingerprint density at radius 1 is 0.195 bits per heavy atom. The lowest BCUT2D eigenvalue weighted by Crippen LogP contribution is -2.10. The van der Waals surface area contributed by atoms with Gasteiger partial charge < -0.3 is 13.3 Å². The Balaban J connectivity index is 0.000000107. The van der Waals surface area contributed by atoms with Crippen molar-refractivity contribution in [3.8, 4) is 77.9 Å². The summed E-state index contributed by atoms with van der Waals surface area (Å²) in [5.41, 5.74) is 29.7. The first-order chi connectivity index (χ1) is 63.0. The lowest BCUT2D eigenvalue weighted by atomic mass is 9.86. The summed E-state index contributed by atoms with van der Waals surface area (Å²) in [6.45, 7) is 11.1. The first-order valence-corrected chi connectivity index (χ1v) is 43.8. The molecule has 0 saturated carbocycles. The van der Waals surface area contributed by atoms with Crippen LogP contribution in [0.4, 0.5) is 0 Å². The maximum Gasteiger partial charge on any atom is 0.143 e. The molecule has 604 valence electrons. The van der Waals surface area contributed by atoms with Gasteiger partial charge in [0.05, 0.1) is 33.1 Å². The number of hydrogen-bond acceptors (Lipinski definition) is 9. The summed E-state index contributed by atoms with van der Waals surface area (Å²) in [7, 11) is 0. The van der Waals surface area contributed by atoms with Crippen LogP contribution in [0.2, 0.25) is 0 Å². The molecule has 0 radical (unpaired) electrons. The Labute approximate surface area is 736 Å². The molecule has 0 aliphatic rings. The molecule has 0 bridgehead atoms. The van der Waals surface area contributed by atoms with E-state index in [9.17, 15) is 0 Å². The van der Waals surface area contributed by atoms with Crippen molar-refractivity contribution in [1.82, 2.24) is 29.9 Å². The lowest BCUT2D eigenvalue weighted by Gasteiger charge is -2.18. The third-order valence-corrected chi connectivity index (χ3v) is 26.0. The summed E-state index contributed by atoms with van der Waals surface area (Å²) in [5, 5.41) is 23.2. The smallest absolute Gasteiger partial charge is 0.143 e. The van der Waals surface area contributed by atoms with Crippen LogP contribution in [0.1, 0.15) is 51.7 Å². The number of para-hydroxylation sites is 6. The second-order valence-electron chi connectivity index (χ2n) is 34.8. The summed E-state index contributed by atoms with van der Waals surface area (Å²) in [6.07, 6.45) is 10.6. The van der Waals surface area contributed by atoms with Gasteiger partial charge in [-0.05, 0) is 152 Å². The van der Waals surface area contributed by atoms with Crippen molar-refractivity contribution in [2.24, 2.45) is 0 Å². The monoisotopic (exact) mass is 1640 g/mol. The standard InChI is InChI=1S/C44H26N2O.C38H28N2O.C37H26N2O/c1-2-13-31-27(9-1)10-6-17-33(31)37-18-8-20-39-38-19-7-16-32(43(38)47-44(37)39)30-12-5-11-28(25-30)29-21-22-36-40(26-29)34-14-3-4-15-35(34)41-42(36)46-24-23-45-41;1-38(2,3)33-16-8-15-31-30-14-7-13-26(36(30)41-37(31)33)25-10-6-9-23(21-25)24-17-18-29-32(22-24)27-11-4-5-12-28(27)34-35(29)40-20-19-39-34;1-22(2)26-12-6-14-31-32-15-7-13-27(37(32)40-36(26)31)25-9-5-8-23(20-25)24-16-17-30-33(21-24)28-10-3-4-11-29(28)34-35(30)39-19-18-38-34/h1-26H;4-22H,1-3H3;3-22H,1-2H3. The maximum atomic E-state index is 6.85. The average Bonchev–Trinajstić information content (AvgIpc) is 1.45. The molecule has 9 heteroatoms. The Bertz CT molecular complexity index is 8970. The second-order valence-corrected chi connectivity index (χ2v) is 34.8. The van der Waals surface area contributed by atoms with Crippen molar-refractivity contribution >= 4 is 174 Å². The molecule has 0 aliphatic heterocycles. The summed E-state index contributed by atoms with van der Waals surface area (Å²) in [4.78, 5) is 28.2. The van der Waals surface area contributed by atoms with E-state index in [0.29, 0.717) is 5.92 Å². The molecule has 26 rings (SSSR count). The summed E-state index contributed by atoms with van der Waals surface area (Å²) in [5.74, 6) is 0.392. The van der Waals surface area contributed by atoms with Crippen molar-refractivity contribution in [3.63, 3.8) is 0 Å². The van der Waals surface area contributed by atoms with E-state index in [-0.39, 0.29) is 5.41 Å². The number of fused-ring (bicyclic) bond motifs is 28. The average molecular weight is 1640 g/mol. The van der Waals surface area contributed by atoms with E-state index in [2.05, 4.69) is 396 Å². The Hall–Kier alpha value is -16.4. The van der Waals surface area contributed by atoms with Crippen LogP contribution in [-0.4, -0.2) is 29.9 Å². The van der Waals surface area contributed by atoms with E-state index in [1.165, 1.54) is 87.2 Å². The predicted octanol–water partition coefficient (Wildman–Crippen LogP) is 32.7. The van der Waals surface area contributed by atoms with Crippen molar-refractivity contribution in [1.29, 1.82) is 0 Å². The van der Waals surface area contributed by atoms with Gasteiger partial charge in [-0.25, -0.2) is 0 Å². The van der Waals surface area contributed by atoms with Crippen molar-refractivity contribution < 1.29 is 13.3 Å². The first-order valence-electron chi connectivity index (χ1n) is 43.8. The highest BCUT2D eigenvalue weighted by atomic mass is 16.3. The molecule has 26 aromatic rings. The normalized spacial score (nSPS) is 12.0. The lowest BCUT2D eigenvalue weighted by molar-refractivity contribution is 0.573. The van der Waals surface area contributed by atoms with Crippen LogP contribution in [0, 0.1) is 0 Å². The van der Waals surface area contributed by atoms with Crippen molar-refractivity contribution in [2.45, 2.75) is 46.0 Å². The molecule has 0 aliphatic carbocycles. The molecule has 0 spiro atoms. The summed E-state index contributed by atoms with van der Waals surface area (Å²) in [6, 6.07) is 126. The molecule has 0 N–H and O–H groups in total. The number of hydrogen-bond donors (Lipinski definition) is 0. The molecule has 128 heavy (non-hydrogen) atoms. The zero-order valence-corrected chi connectivity index (χ0v) is 70.9. The van der Waals surface area contributed by atoms with E-state index in [0.717, 1.165) is 176 Å². The van der Waals surface area contributed by atoms with E-state index >= 15 is 0 Å². The van der Waals surface area contributed by atoms with E-state index < -0.39 is 0 Å². The maximum absolute atomic E-state index is 6.85. The molecule has 0 amide bonds. The van der Waals surface area contributed by atoms with Crippen LogP contribution in [0.25, 0.3) is 252 Å². The second kappa shape index (κ2) is 30.3. The fourth-order valence-corrected chi connectivity index (χ4v) is 19.9. The summed E-state index contributed by atoms with van der Waals surface area (Å²) >= 11 is 0. The van der Waals surface area contributed by atoms with Crippen molar-refractivity contribution in [2.75, 3.05) is 0 Å². The number of aromatic nitrogens is 6. The molecule has 0 atom stereocenters. The highest BCUT2D eigenvalue weighted by Crippen LogP contribution is 2.48. The van der Waals surface area contributed by atoms with Gasteiger partial charge in [-0.2, -0.15) is 0 Å². The molecule has 0 saturated heterocycles. The quantitative estimate of drug-likeness (QED) is 0.137. The summed E-state index contributed by atoms with van der Waals surface area (Å²) < 4.78 is 20.1. The number of benzene rings is 20. The Morgan fingerprint density at radius 2 is 0.461 bits per heavy atom. The molecule has 20 aromatic carbocycles. The molecule has 0 fully saturated rings. The minimum absolute atomic E-state index is 0.00930. The number of nitrogens with zero attached hydrogens (tertiary/aromatic N) is 6. The van der Waals surface area contributed by atoms with Crippen LogP contribution < -0.4 is 0 Å². The van der Waals surface area contributed by atoms with Crippen LogP contribution in [0.3, 0.4) is 0 Å². The first kappa shape index (κ1) is 75.4. The Kier molecular flexibility index (Phi) is 17.8. The van der Waals surface area contributed by atoms with Crippen LogP contribution in [-0.2, 0) is 5.41 Å². The fraction of sp³-hybridized carbons (Fsp3) is 0.0588. The van der Waals surface area contributed by atoms with Crippen LogP contribution in [0.5, 0.6) is 0 Å². The van der Waals surface area contributed by atoms with Gasteiger partial charge in [0.15, 0.2) is 0 Å². The van der Waals surface area contributed by atoms with Gasteiger partial charge in [0.2, 0.25) is 0 Å². The minimum Gasteiger partial charge on any atom is -0.455 e. The van der Waals surface area contributed by atoms with E-state index in [1.54, 1.807) is 37.2 Å². The molecule has 6 aromatic heterocycles. The number of furan rings is 3. The third-order valence-electron chi connectivity index (χ3n) is 26.0. The molecular weight excluding hydrogens is 1560 g/mol. The van der Waals surface area contributed by atoms with Crippen molar-refractivity contribution in [3.05, 3.63) is 400 Å². The van der Waals surface area contributed by atoms with Gasteiger partial charge in [-0.3, -0.25) is 29.9 Å². The van der Waals surface area contributed by atoms with Gasteiger partial charge in [-0.15, -0.1) is 0 Å². The van der Waals surface area contributed by atoms with Crippen LogP contribution in [0.15, 0.2) is 402 Å². The van der Waals surface area contributed by atoms with Crippen LogP contribution >= 0.6 is 0 Å². The highest BCUT2D eigenvalue weighted by Gasteiger charge is 2.25. The highest BCUT2D eigenvalue weighted by molar-refractivity contribution is 6.27. The fourth-order valence-electron chi connectivity index (χ4n) is 19.9. The van der Waals surface area contributed by atoms with Gasteiger partial charge in [-0.1, -0.05) is 350 Å². The van der Waals surface area contributed by atoms with Gasteiger partial charge in [0, 0.05) is 130 Å². The molecule has 6 heterocycles. The van der Waals surface area contributed by atoms with Gasteiger partial charge >= 0.3 is 0 Å². The van der Waals surface area contributed by atoms with Gasteiger partial charge in [0.25, 0.3) is 0 Å². The van der Waals surface area contributed by atoms with E-state index in [1.807, 2.05) is 0 Å². The van der Waals surface area contributed by atoms with E-state index in [4.69, 9.17) is 33.2 Å². The molecule has 0 unspecified atom stereocenters. The Morgan fingerprint density at radius 3 is 0.859 bits per heavy atom. The minimum atomic E-state index is -0.00930. The zero-order chi connectivity index (χ0) is 85.4.